The maximum absolute atomic E-state index is 12.6. The van der Waals surface area contributed by atoms with Crippen LogP contribution in [-0.2, 0) is 20.8 Å². The van der Waals surface area contributed by atoms with E-state index in [9.17, 15) is 24.6 Å². The van der Waals surface area contributed by atoms with Gasteiger partial charge in [-0.05, 0) is 23.8 Å². The summed E-state index contributed by atoms with van der Waals surface area (Å²) in [6.45, 7) is 0. The van der Waals surface area contributed by atoms with Crippen LogP contribution in [0.25, 0.3) is 0 Å². The van der Waals surface area contributed by atoms with Crippen LogP contribution in [0.2, 0.25) is 0 Å². The van der Waals surface area contributed by atoms with Crippen LogP contribution in [0.3, 0.4) is 0 Å². The second-order valence-corrected chi connectivity index (χ2v) is 6.43. The van der Waals surface area contributed by atoms with Crippen LogP contribution in [0.4, 0.5) is 0 Å². The minimum atomic E-state index is -1.13. The van der Waals surface area contributed by atoms with Crippen LogP contribution < -0.4 is 5.32 Å². The number of nitrogens with one attached hydrogen (secondary N) is 1. The van der Waals surface area contributed by atoms with Crippen molar-refractivity contribution in [2.75, 3.05) is 0 Å². The predicted octanol–water partition coefficient (Wildman–Crippen LogP) is 1.32. The van der Waals surface area contributed by atoms with Crippen LogP contribution in [0.5, 0.6) is 0 Å². The summed E-state index contributed by atoms with van der Waals surface area (Å²) in [5, 5.41) is 21.3. The molecule has 0 unspecified atom stereocenters. The van der Waals surface area contributed by atoms with Gasteiger partial charge in [0.2, 0.25) is 5.91 Å². The SMILES string of the molecule is O=C(O)[C@@H]1[C@H](C(=O)N[C@H](Cc2ccccc2)C(=O)O)[C@H]2C=C[C@H]1C2. The number of carbonyl (C=O) groups is 3. The molecule has 0 heterocycles. The van der Waals surface area contributed by atoms with Gasteiger partial charge in [-0.3, -0.25) is 9.59 Å². The maximum Gasteiger partial charge on any atom is 0.326 e. The lowest BCUT2D eigenvalue weighted by atomic mass is 9.82. The molecule has 2 aliphatic carbocycles. The topological polar surface area (TPSA) is 104 Å². The van der Waals surface area contributed by atoms with E-state index in [1.807, 2.05) is 18.2 Å². The van der Waals surface area contributed by atoms with E-state index in [2.05, 4.69) is 5.32 Å². The average Bonchev–Trinajstić information content (AvgIpc) is 3.16. The zero-order valence-electron chi connectivity index (χ0n) is 13.0. The normalized spacial score (nSPS) is 28.5. The average molecular weight is 329 g/mol. The zero-order valence-corrected chi connectivity index (χ0v) is 13.0. The van der Waals surface area contributed by atoms with Crippen LogP contribution in [0.15, 0.2) is 42.5 Å². The van der Waals surface area contributed by atoms with E-state index in [1.54, 1.807) is 24.3 Å². The number of hydrogen-bond acceptors (Lipinski definition) is 3. The van der Waals surface area contributed by atoms with Gasteiger partial charge in [-0.1, -0.05) is 42.5 Å². The van der Waals surface area contributed by atoms with Crippen molar-refractivity contribution in [1.82, 2.24) is 5.32 Å². The van der Waals surface area contributed by atoms with E-state index in [4.69, 9.17) is 0 Å². The van der Waals surface area contributed by atoms with Crippen molar-refractivity contribution in [3.05, 3.63) is 48.0 Å². The van der Waals surface area contributed by atoms with Crippen molar-refractivity contribution in [3.63, 3.8) is 0 Å². The summed E-state index contributed by atoms with van der Waals surface area (Å²) in [5.74, 6) is -4.34. The van der Waals surface area contributed by atoms with Gasteiger partial charge < -0.3 is 15.5 Å². The molecule has 126 valence electrons. The fraction of sp³-hybridized carbons (Fsp3) is 0.389. The summed E-state index contributed by atoms with van der Waals surface area (Å²) in [4.78, 5) is 35.6. The van der Waals surface area contributed by atoms with Crippen molar-refractivity contribution in [2.45, 2.75) is 18.9 Å². The molecule has 0 aromatic heterocycles. The number of hydrogen-bond donors (Lipinski definition) is 3. The largest absolute Gasteiger partial charge is 0.481 e. The summed E-state index contributed by atoms with van der Waals surface area (Å²) < 4.78 is 0. The number of allylic oxidation sites excluding steroid dienone is 2. The minimum absolute atomic E-state index is 0.123. The van der Waals surface area contributed by atoms with E-state index in [0.29, 0.717) is 6.42 Å². The first-order chi connectivity index (χ1) is 11.5. The molecule has 1 fully saturated rings. The third-order valence-electron chi connectivity index (χ3n) is 4.94. The molecule has 1 amide bonds. The molecule has 0 spiro atoms. The van der Waals surface area contributed by atoms with Crippen molar-refractivity contribution < 1.29 is 24.6 Å². The van der Waals surface area contributed by atoms with E-state index in [1.165, 1.54) is 0 Å². The van der Waals surface area contributed by atoms with Crippen molar-refractivity contribution in [3.8, 4) is 0 Å². The van der Waals surface area contributed by atoms with Crippen LogP contribution in [-0.4, -0.2) is 34.1 Å². The highest BCUT2D eigenvalue weighted by Crippen LogP contribution is 2.48. The number of benzene rings is 1. The molecule has 2 aliphatic rings. The Morgan fingerprint density at radius 3 is 2.25 bits per heavy atom. The highest BCUT2D eigenvalue weighted by Gasteiger charge is 2.52. The summed E-state index contributed by atoms with van der Waals surface area (Å²) in [5.41, 5.74) is 0.799. The monoisotopic (exact) mass is 329 g/mol. The van der Waals surface area contributed by atoms with Crippen LogP contribution in [0.1, 0.15) is 12.0 Å². The Morgan fingerprint density at radius 2 is 1.67 bits per heavy atom. The first-order valence-corrected chi connectivity index (χ1v) is 7.95. The maximum atomic E-state index is 12.6. The number of amides is 1. The Kier molecular flexibility index (Phi) is 4.38. The second-order valence-electron chi connectivity index (χ2n) is 6.43. The molecule has 3 N–H and O–H groups in total. The number of carbonyl (C=O) groups excluding carboxylic acids is 1. The number of aliphatic carboxylic acids is 2. The number of rotatable bonds is 6. The summed E-state index contributed by atoms with van der Waals surface area (Å²) >= 11 is 0. The fourth-order valence-electron chi connectivity index (χ4n) is 3.83. The molecule has 1 aromatic rings. The molecular weight excluding hydrogens is 310 g/mol. The van der Waals surface area contributed by atoms with Gasteiger partial charge in [0, 0.05) is 6.42 Å². The molecule has 1 saturated carbocycles. The Labute approximate surface area is 139 Å². The molecule has 6 heteroatoms. The van der Waals surface area contributed by atoms with Gasteiger partial charge in [0.1, 0.15) is 6.04 Å². The van der Waals surface area contributed by atoms with Crippen molar-refractivity contribution in [1.29, 1.82) is 0 Å². The number of carboxylic acid groups (broad SMARTS) is 2. The zero-order chi connectivity index (χ0) is 17.3. The molecule has 24 heavy (non-hydrogen) atoms. The van der Waals surface area contributed by atoms with Gasteiger partial charge in [0.25, 0.3) is 0 Å². The summed E-state index contributed by atoms with van der Waals surface area (Å²) in [6.07, 6.45) is 4.54. The Morgan fingerprint density at radius 1 is 1.04 bits per heavy atom. The molecule has 6 nitrogen and oxygen atoms in total. The lowest BCUT2D eigenvalue weighted by molar-refractivity contribution is -0.148. The molecular formula is C18H19NO5. The van der Waals surface area contributed by atoms with Crippen molar-refractivity contribution >= 4 is 17.8 Å². The fourth-order valence-corrected chi connectivity index (χ4v) is 3.83. The van der Waals surface area contributed by atoms with Gasteiger partial charge in [-0.25, -0.2) is 4.79 Å². The molecule has 0 aliphatic heterocycles. The molecule has 3 rings (SSSR count). The quantitative estimate of drug-likeness (QED) is 0.683. The first-order valence-electron chi connectivity index (χ1n) is 7.95. The standard InChI is InChI=1S/C18H19NO5/c20-16(14-11-6-7-12(9-11)15(14)18(23)24)19-13(17(21)22)8-10-4-2-1-3-5-10/h1-7,11-15H,8-9H2,(H,19,20)(H,21,22)(H,23,24)/t11-,12-,13+,14+,15-/m0/s1. The highest BCUT2D eigenvalue weighted by atomic mass is 16.4. The highest BCUT2D eigenvalue weighted by molar-refractivity contribution is 5.89. The van der Waals surface area contributed by atoms with Crippen molar-refractivity contribution in [2.24, 2.45) is 23.7 Å². The van der Waals surface area contributed by atoms with Crippen LogP contribution in [0, 0.1) is 23.7 Å². The third-order valence-corrected chi connectivity index (χ3v) is 4.94. The molecule has 0 saturated heterocycles. The van der Waals surface area contributed by atoms with Crippen LogP contribution >= 0.6 is 0 Å². The van der Waals surface area contributed by atoms with Gasteiger partial charge in [-0.15, -0.1) is 0 Å². The van der Waals surface area contributed by atoms with E-state index in [-0.39, 0.29) is 18.3 Å². The van der Waals surface area contributed by atoms with Gasteiger partial charge in [0.15, 0.2) is 0 Å². The predicted molar refractivity (Wildman–Crippen MR) is 85.1 cm³/mol. The number of carboxylic acids is 2. The minimum Gasteiger partial charge on any atom is -0.481 e. The molecule has 1 aromatic carbocycles. The summed E-state index contributed by atoms with van der Waals surface area (Å²) in [6, 6.07) is 7.95. The van der Waals surface area contributed by atoms with E-state index < -0.39 is 35.7 Å². The smallest absolute Gasteiger partial charge is 0.326 e. The Hall–Kier alpha value is -2.63. The summed E-state index contributed by atoms with van der Waals surface area (Å²) in [7, 11) is 0. The Balaban J connectivity index is 1.73. The van der Waals surface area contributed by atoms with Gasteiger partial charge >= 0.3 is 11.9 Å². The van der Waals surface area contributed by atoms with E-state index in [0.717, 1.165) is 5.56 Å². The second kappa shape index (κ2) is 6.47. The van der Waals surface area contributed by atoms with E-state index >= 15 is 0 Å². The lowest BCUT2D eigenvalue weighted by Crippen LogP contribution is -2.48. The molecule has 0 radical (unpaired) electrons. The molecule has 5 atom stereocenters. The van der Waals surface area contributed by atoms with Gasteiger partial charge in [-0.2, -0.15) is 0 Å². The third kappa shape index (κ3) is 3.04. The molecule has 2 bridgehead atoms. The first kappa shape index (κ1) is 16.2. The number of fused-ring (bicyclic) bond motifs is 2. The lowest BCUT2D eigenvalue weighted by Gasteiger charge is -2.25. The Bertz CT molecular complexity index is 684. The van der Waals surface area contributed by atoms with Gasteiger partial charge in [0.05, 0.1) is 11.8 Å².